The van der Waals surface area contributed by atoms with Crippen LogP contribution in [-0.4, -0.2) is 30.9 Å². The Morgan fingerprint density at radius 2 is 2.11 bits per heavy atom. The normalized spacial score (nSPS) is 18.4. The standard InChI is InChI=1S/C23H29N3O2/c1-4-5-6-9-21(27)25-17-8-7-12-26(14-17)20-11-10-18(23(24)28)19-13-15(2)16(3)22(19)20/h10-11,17H,4-5,7-8,12-14H2,1-3H3,(H2,24,28)(H,25,27)/t17-/m0/s1. The lowest BCUT2D eigenvalue weighted by atomic mass is 9.95. The number of unbranched alkanes of at least 4 members (excludes halogenated alkanes) is 1. The van der Waals surface area contributed by atoms with Gasteiger partial charge >= 0.3 is 0 Å². The second kappa shape index (κ2) is 8.52. The average Bonchev–Trinajstić information content (AvgIpc) is 2.96. The Morgan fingerprint density at radius 1 is 1.32 bits per heavy atom. The first-order valence-electron chi connectivity index (χ1n) is 10.1. The predicted molar refractivity (Wildman–Crippen MR) is 113 cm³/mol. The predicted octanol–water partition coefficient (Wildman–Crippen LogP) is 3.02. The lowest BCUT2D eigenvalue weighted by molar-refractivity contribution is -0.116. The molecule has 0 radical (unpaired) electrons. The number of anilines is 1. The second-order valence-electron chi connectivity index (χ2n) is 7.74. The van der Waals surface area contributed by atoms with Gasteiger partial charge in [0, 0.05) is 42.4 Å². The number of carbonyl (C=O) groups is 2. The Labute approximate surface area is 167 Å². The summed E-state index contributed by atoms with van der Waals surface area (Å²) in [4.78, 5) is 26.3. The first-order valence-corrected chi connectivity index (χ1v) is 10.1. The maximum Gasteiger partial charge on any atom is 0.296 e. The van der Waals surface area contributed by atoms with Crippen LogP contribution in [0.5, 0.6) is 0 Å². The maximum atomic E-state index is 12.1. The van der Waals surface area contributed by atoms with E-state index in [4.69, 9.17) is 5.73 Å². The minimum atomic E-state index is -0.375. The molecule has 1 aromatic rings. The molecule has 28 heavy (non-hydrogen) atoms. The van der Waals surface area contributed by atoms with Crippen molar-refractivity contribution in [3.05, 3.63) is 34.4 Å². The van der Waals surface area contributed by atoms with E-state index in [1.165, 1.54) is 11.1 Å². The van der Waals surface area contributed by atoms with Gasteiger partial charge in [-0.1, -0.05) is 18.4 Å². The van der Waals surface area contributed by atoms with Crippen molar-refractivity contribution < 1.29 is 9.59 Å². The highest BCUT2D eigenvalue weighted by Gasteiger charge is 2.29. The summed E-state index contributed by atoms with van der Waals surface area (Å²) < 4.78 is 0. The summed E-state index contributed by atoms with van der Waals surface area (Å²) >= 11 is 0. The number of benzene rings is 1. The molecule has 3 rings (SSSR count). The van der Waals surface area contributed by atoms with Crippen molar-refractivity contribution in [2.45, 2.75) is 58.9 Å². The van der Waals surface area contributed by atoms with Crippen molar-refractivity contribution >= 4 is 23.1 Å². The zero-order valence-electron chi connectivity index (χ0n) is 17.0. The Morgan fingerprint density at radius 3 is 2.82 bits per heavy atom. The Balaban J connectivity index is 1.83. The molecule has 2 aliphatic rings. The van der Waals surface area contributed by atoms with Crippen molar-refractivity contribution in [3.8, 4) is 11.8 Å². The van der Waals surface area contributed by atoms with Gasteiger partial charge in [-0.25, -0.2) is 0 Å². The van der Waals surface area contributed by atoms with Gasteiger partial charge in [-0.05, 0) is 68.7 Å². The van der Waals surface area contributed by atoms with Crippen molar-refractivity contribution in [1.82, 2.24) is 5.32 Å². The zero-order valence-corrected chi connectivity index (χ0v) is 17.0. The number of fused-ring (bicyclic) bond motifs is 1. The Kier molecular flexibility index (Phi) is 6.08. The summed E-state index contributed by atoms with van der Waals surface area (Å²) in [5.74, 6) is 5.02. The van der Waals surface area contributed by atoms with E-state index in [0.717, 1.165) is 62.0 Å². The largest absolute Gasteiger partial charge is 0.369 e. The lowest BCUT2D eigenvalue weighted by Gasteiger charge is -2.36. The molecule has 5 heteroatoms. The molecule has 2 amide bonds. The smallest absolute Gasteiger partial charge is 0.296 e. The van der Waals surface area contributed by atoms with Crippen LogP contribution < -0.4 is 16.0 Å². The van der Waals surface area contributed by atoms with Crippen LogP contribution in [0.15, 0.2) is 17.7 Å². The van der Waals surface area contributed by atoms with E-state index in [1.807, 2.05) is 19.1 Å². The topological polar surface area (TPSA) is 75.4 Å². The van der Waals surface area contributed by atoms with Gasteiger partial charge in [0.2, 0.25) is 5.91 Å². The highest BCUT2D eigenvalue weighted by atomic mass is 16.1. The van der Waals surface area contributed by atoms with Gasteiger partial charge < -0.3 is 16.0 Å². The number of carbonyl (C=O) groups excluding carboxylic acids is 2. The van der Waals surface area contributed by atoms with Crippen molar-refractivity contribution in [3.63, 3.8) is 0 Å². The molecule has 1 atom stereocenters. The number of nitrogens with zero attached hydrogens (tertiary/aromatic N) is 1. The van der Waals surface area contributed by atoms with Gasteiger partial charge in [-0.3, -0.25) is 9.59 Å². The molecule has 0 unspecified atom stereocenters. The van der Waals surface area contributed by atoms with Crippen LogP contribution in [0, 0.1) is 11.8 Å². The molecule has 0 saturated carbocycles. The number of rotatable bonds is 4. The molecule has 1 fully saturated rings. The lowest BCUT2D eigenvalue weighted by Crippen LogP contribution is -2.47. The van der Waals surface area contributed by atoms with Crippen LogP contribution in [0.25, 0.3) is 5.57 Å². The van der Waals surface area contributed by atoms with Crippen LogP contribution in [0.2, 0.25) is 0 Å². The molecule has 5 nitrogen and oxygen atoms in total. The monoisotopic (exact) mass is 379 g/mol. The van der Waals surface area contributed by atoms with E-state index in [-0.39, 0.29) is 17.9 Å². The molecule has 1 saturated heterocycles. The number of piperidine rings is 1. The van der Waals surface area contributed by atoms with Crippen molar-refractivity contribution in [1.29, 1.82) is 0 Å². The molecule has 148 valence electrons. The minimum absolute atomic E-state index is 0.0791. The minimum Gasteiger partial charge on any atom is -0.369 e. The van der Waals surface area contributed by atoms with E-state index >= 15 is 0 Å². The number of allylic oxidation sites excluding steroid dienone is 2. The fourth-order valence-electron chi connectivity index (χ4n) is 4.15. The molecular weight excluding hydrogens is 350 g/mol. The molecular formula is C23H29N3O2. The van der Waals surface area contributed by atoms with Crippen LogP contribution in [0.3, 0.4) is 0 Å². The Hall–Kier alpha value is -2.74. The molecule has 1 heterocycles. The number of amides is 2. The fraction of sp³-hybridized carbons (Fsp3) is 0.478. The average molecular weight is 380 g/mol. The van der Waals surface area contributed by atoms with Gasteiger partial charge in [0.05, 0.1) is 0 Å². The highest BCUT2D eigenvalue weighted by molar-refractivity contribution is 5.99. The van der Waals surface area contributed by atoms with Gasteiger partial charge in [0.15, 0.2) is 0 Å². The first kappa shape index (κ1) is 20.0. The molecule has 1 aromatic carbocycles. The molecule has 3 N–H and O–H groups in total. The third-order valence-corrected chi connectivity index (χ3v) is 5.69. The summed E-state index contributed by atoms with van der Waals surface area (Å²) in [7, 11) is 0. The number of hydrogen-bond acceptors (Lipinski definition) is 3. The third kappa shape index (κ3) is 4.06. The van der Waals surface area contributed by atoms with Gasteiger partial charge in [0.1, 0.15) is 0 Å². The molecule has 0 bridgehead atoms. The van der Waals surface area contributed by atoms with E-state index in [0.29, 0.717) is 5.56 Å². The maximum absolute atomic E-state index is 12.1. The summed E-state index contributed by atoms with van der Waals surface area (Å²) in [5.41, 5.74) is 12.0. The van der Waals surface area contributed by atoms with Crippen LogP contribution in [0.1, 0.15) is 67.9 Å². The summed E-state index contributed by atoms with van der Waals surface area (Å²) in [5, 5.41) is 3.05. The molecule has 1 aliphatic carbocycles. The van der Waals surface area contributed by atoms with E-state index in [2.05, 4.69) is 35.9 Å². The van der Waals surface area contributed by atoms with Gasteiger partial charge in [-0.2, -0.15) is 0 Å². The van der Waals surface area contributed by atoms with Crippen LogP contribution >= 0.6 is 0 Å². The number of nitrogens with one attached hydrogen (secondary N) is 1. The van der Waals surface area contributed by atoms with E-state index in [9.17, 15) is 9.59 Å². The number of hydrogen-bond donors (Lipinski definition) is 2. The summed E-state index contributed by atoms with van der Waals surface area (Å²) in [6, 6.07) is 3.93. The fourth-order valence-corrected chi connectivity index (χ4v) is 4.15. The van der Waals surface area contributed by atoms with Gasteiger partial charge in [0.25, 0.3) is 5.91 Å². The molecule has 0 aromatic heterocycles. The second-order valence-corrected chi connectivity index (χ2v) is 7.74. The number of primary amides is 1. The van der Waals surface area contributed by atoms with Crippen molar-refractivity contribution in [2.24, 2.45) is 5.73 Å². The Bertz CT molecular complexity index is 889. The first-order chi connectivity index (χ1) is 13.4. The van der Waals surface area contributed by atoms with Crippen LogP contribution in [-0.2, 0) is 11.2 Å². The third-order valence-electron chi connectivity index (χ3n) is 5.69. The number of nitrogens with two attached hydrogens (primary N) is 1. The summed E-state index contributed by atoms with van der Waals surface area (Å²) in [6.45, 7) is 7.95. The quantitative estimate of drug-likeness (QED) is 0.790. The SMILES string of the molecule is CCCC#CC(=O)N[C@H]1CCCN(c2ccc(C(N)=O)c3c2C(C)=C(C)C3)C1. The van der Waals surface area contributed by atoms with Crippen LogP contribution in [0.4, 0.5) is 5.69 Å². The molecule has 1 aliphatic heterocycles. The highest BCUT2D eigenvalue weighted by Crippen LogP contribution is 2.41. The zero-order chi connectivity index (χ0) is 20.3. The van der Waals surface area contributed by atoms with E-state index < -0.39 is 0 Å². The molecule has 0 spiro atoms. The summed E-state index contributed by atoms with van der Waals surface area (Å²) in [6.07, 6.45) is 4.42. The van der Waals surface area contributed by atoms with E-state index in [1.54, 1.807) is 0 Å². The van der Waals surface area contributed by atoms with Crippen molar-refractivity contribution in [2.75, 3.05) is 18.0 Å². The van der Waals surface area contributed by atoms with Gasteiger partial charge in [-0.15, -0.1) is 0 Å².